The topological polar surface area (TPSA) is 62.7 Å². The summed E-state index contributed by atoms with van der Waals surface area (Å²) < 4.78 is 0. The average molecular weight is 135 g/mol. The minimum absolute atomic E-state index is 0.759. The molecule has 10 heavy (non-hydrogen) atoms. The number of rotatable bonds is 0. The van der Waals surface area contributed by atoms with Gasteiger partial charge < -0.3 is 5.73 Å². The van der Waals surface area contributed by atoms with Gasteiger partial charge in [-0.2, -0.15) is 5.26 Å². The monoisotopic (exact) mass is 135 g/mol. The molecular weight excluding hydrogens is 126 g/mol. The molecule has 0 spiro atoms. The molecule has 3 nitrogen and oxygen atoms in total. The Kier molecular flexibility index (Phi) is 4.70. The van der Waals surface area contributed by atoms with Crippen LogP contribution in [0.5, 0.6) is 0 Å². The van der Waals surface area contributed by atoms with E-state index in [-0.39, 0.29) is 0 Å². The van der Waals surface area contributed by atoms with Crippen LogP contribution in [0.1, 0.15) is 6.92 Å². The lowest BCUT2D eigenvalue weighted by atomic mass is 10.4. The summed E-state index contributed by atoms with van der Waals surface area (Å²) in [4.78, 5) is 3.77. The van der Waals surface area contributed by atoms with Gasteiger partial charge in [-0.3, -0.25) is 4.98 Å². The van der Waals surface area contributed by atoms with E-state index in [9.17, 15) is 0 Å². The molecule has 0 bridgehead atoms. The number of nitriles is 1. The van der Waals surface area contributed by atoms with Crippen molar-refractivity contribution < 1.29 is 0 Å². The fraction of sp³-hybridized carbons (Fsp3) is 0.143. The van der Waals surface area contributed by atoms with E-state index in [4.69, 9.17) is 11.0 Å². The van der Waals surface area contributed by atoms with E-state index < -0.39 is 0 Å². The molecule has 0 atom stereocenters. The van der Waals surface area contributed by atoms with Crippen LogP contribution in [0.15, 0.2) is 24.5 Å². The van der Waals surface area contributed by atoms with Crippen molar-refractivity contribution in [2.24, 2.45) is 0 Å². The predicted octanol–water partition coefficient (Wildman–Crippen LogP) is 1.19. The highest BCUT2D eigenvalue weighted by Crippen LogP contribution is 1.92. The van der Waals surface area contributed by atoms with E-state index in [1.165, 1.54) is 6.92 Å². The van der Waals surface area contributed by atoms with Crippen LogP contribution >= 0.6 is 0 Å². The van der Waals surface area contributed by atoms with E-state index in [0.29, 0.717) is 0 Å². The van der Waals surface area contributed by atoms with E-state index in [2.05, 4.69) is 4.98 Å². The first-order chi connectivity index (χ1) is 4.81. The molecule has 3 heteroatoms. The Labute approximate surface area is 60.1 Å². The standard InChI is InChI=1S/C5H6N2.C2H3N/c6-5-1-3-7-4-2-5;1-2-3/h1-4H,(H2,6,7);1H3. The second-order valence-corrected chi connectivity index (χ2v) is 1.50. The van der Waals surface area contributed by atoms with Gasteiger partial charge in [-0.15, -0.1) is 0 Å². The van der Waals surface area contributed by atoms with Crippen molar-refractivity contribution in [2.45, 2.75) is 6.92 Å². The third kappa shape index (κ3) is 4.60. The lowest BCUT2D eigenvalue weighted by Crippen LogP contribution is -1.81. The van der Waals surface area contributed by atoms with Gasteiger partial charge in [0.2, 0.25) is 0 Å². The van der Waals surface area contributed by atoms with E-state index in [1.807, 2.05) is 0 Å². The molecule has 0 aliphatic rings. The fourth-order valence-corrected chi connectivity index (χ4v) is 0.363. The molecule has 0 aliphatic heterocycles. The molecule has 0 saturated heterocycles. The van der Waals surface area contributed by atoms with Crippen molar-refractivity contribution in [1.29, 1.82) is 5.26 Å². The molecule has 52 valence electrons. The van der Waals surface area contributed by atoms with Gasteiger partial charge in [-0.05, 0) is 12.1 Å². The summed E-state index contributed by atoms with van der Waals surface area (Å²) in [7, 11) is 0. The van der Waals surface area contributed by atoms with Gasteiger partial charge in [0.15, 0.2) is 0 Å². The lowest BCUT2D eigenvalue weighted by Gasteiger charge is -1.83. The number of hydrogen-bond acceptors (Lipinski definition) is 3. The SMILES string of the molecule is CC#N.Nc1ccncc1. The van der Waals surface area contributed by atoms with Crippen LogP contribution in [0.3, 0.4) is 0 Å². The number of nitrogens with two attached hydrogens (primary N) is 1. The molecular formula is C7H9N3. The van der Waals surface area contributed by atoms with Crippen LogP contribution in [0.2, 0.25) is 0 Å². The molecule has 1 aromatic rings. The highest BCUT2D eigenvalue weighted by molar-refractivity contribution is 5.33. The van der Waals surface area contributed by atoms with Crippen LogP contribution in [0.25, 0.3) is 0 Å². The third-order valence-electron chi connectivity index (χ3n) is 0.706. The normalized spacial score (nSPS) is 6.80. The van der Waals surface area contributed by atoms with Crippen LogP contribution < -0.4 is 5.73 Å². The van der Waals surface area contributed by atoms with E-state index in [0.717, 1.165) is 5.69 Å². The molecule has 0 aromatic carbocycles. The summed E-state index contributed by atoms with van der Waals surface area (Å²) in [6.45, 7) is 1.43. The Hall–Kier alpha value is -1.56. The predicted molar refractivity (Wildman–Crippen MR) is 39.9 cm³/mol. The van der Waals surface area contributed by atoms with Gasteiger partial charge >= 0.3 is 0 Å². The summed E-state index contributed by atoms with van der Waals surface area (Å²) in [5.74, 6) is 0. The van der Waals surface area contributed by atoms with Crippen LogP contribution in [0, 0.1) is 11.3 Å². The van der Waals surface area contributed by atoms with Crippen molar-refractivity contribution in [1.82, 2.24) is 4.98 Å². The van der Waals surface area contributed by atoms with Gasteiger partial charge in [0, 0.05) is 25.0 Å². The zero-order valence-corrected chi connectivity index (χ0v) is 5.78. The Morgan fingerprint density at radius 2 is 1.90 bits per heavy atom. The lowest BCUT2D eigenvalue weighted by molar-refractivity contribution is 1.33. The summed E-state index contributed by atoms with van der Waals surface area (Å²) in [6, 6.07) is 5.25. The first-order valence-electron chi connectivity index (χ1n) is 2.77. The van der Waals surface area contributed by atoms with Gasteiger partial charge in [-0.1, -0.05) is 0 Å². The number of pyridine rings is 1. The number of nitrogens with zero attached hydrogens (tertiary/aromatic N) is 2. The molecule has 1 rings (SSSR count). The van der Waals surface area contributed by atoms with Crippen molar-refractivity contribution in [2.75, 3.05) is 5.73 Å². The quantitative estimate of drug-likeness (QED) is 0.581. The van der Waals surface area contributed by atoms with Gasteiger partial charge in [0.1, 0.15) is 0 Å². The Balaban J connectivity index is 0.000000236. The zero-order valence-electron chi connectivity index (χ0n) is 5.78. The summed E-state index contributed by atoms with van der Waals surface area (Å²) in [5.41, 5.74) is 6.08. The molecule has 0 radical (unpaired) electrons. The highest BCUT2D eigenvalue weighted by Gasteiger charge is 1.73. The van der Waals surface area contributed by atoms with Crippen LogP contribution in [-0.2, 0) is 0 Å². The minimum atomic E-state index is 0.759. The van der Waals surface area contributed by atoms with Gasteiger partial charge in [-0.25, -0.2) is 0 Å². The molecule has 0 amide bonds. The number of anilines is 1. The van der Waals surface area contributed by atoms with Crippen molar-refractivity contribution >= 4 is 5.69 Å². The van der Waals surface area contributed by atoms with Gasteiger partial charge in [0.25, 0.3) is 0 Å². The summed E-state index contributed by atoms with van der Waals surface area (Å²) in [5, 5.41) is 7.32. The summed E-state index contributed by atoms with van der Waals surface area (Å²) in [6.07, 6.45) is 3.32. The van der Waals surface area contributed by atoms with Crippen molar-refractivity contribution in [3.05, 3.63) is 24.5 Å². The molecule has 0 unspecified atom stereocenters. The molecule has 0 aliphatic carbocycles. The second kappa shape index (κ2) is 5.57. The maximum absolute atomic E-state index is 7.32. The zero-order chi connectivity index (χ0) is 7.82. The molecule has 1 heterocycles. The van der Waals surface area contributed by atoms with Crippen LogP contribution in [0.4, 0.5) is 5.69 Å². The Morgan fingerprint density at radius 3 is 2.10 bits per heavy atom. The third-order valence-corrected chi connectivity index (χ3v) is 0.706. The molecule has 0 fully saturated rings. The average Bonchev–Trinajstić information content (AvgIpc) is 1.91. The first kappa shape index (κ1) is 8.44. The maximum Gasteiger partial charge on any atom is 0.0587 e. The van der Waals surface area contributed by atoms with Gasteiger partial charge in [0.05, 0.1) is 6.07 Å². The van der Waals surface area contributed by atoms with E-state index in [1.54, 1.807) is 30.6 Å². The molecule has 1 aromatic heterocycles. The fourth-order valence-electron chi connectivity index (χ4n) is 0.363. The highest BCUT2D eigenvalue weighted by atomic mass is 14.6. The van der Waals surface area contributed by atoms with E-state index >= 15 is 0 Å². The number of hydrogen-bond donors (Lipinski definition) is 1. The largest absolute Gasteiger partial charge is 0.399 e. The molecule has 2 N–H and O–H groups in total. The Bertz CT molecular complexity index is 200. The maximum atomic E-state index is 7.32. The first-order valence-corrected chi connectivity index (χ1v) is 2.77. The van der Waals surface area contributed by atoms with Crippen molar-refractivity contribution in [3.8, 4) is 6.07 Å². The second-order valence-electron chi connectivity index (χ2n) is 1.50. The Morgan fingerprint density at radius 1 is 1.50 bits per heavy atom. The summed E-state index contributed by atoms with van der Waals surface area (Å²) >= 11 is 0. The minimum Gasteiger partial charge on any atom is -0.399 e. The number of aromatic nitrogens is 1. The van der Waals surface area contributed by atoms with Crippen LogP contribution in [-0.4, -0.2) is 4.98 Å². The molecule has 0 saturated carbocycles. The number of nitrogen functional groups attached to an aromatic ring is 1. The van der Waals surface area contributed by atoms with Crippen molar-refractivity contribution in [3.63, 3.8) is 0 Å². The smallest absolute Gasteiger partial charge is 0.0587 e.